The van der Waals surface area contributed by atoms with Gasteiger partial charge in [-0.25, -0.2) is 12.8 Å². The number of piperazine rings is 1. The molecule has 0 atom stereocenters. The molecule has 1 N–H and O–H groups in total. The molecule has 1 aliphatic rings. The van der Waals surface area contributed by atoms with Crippen molar-refractivity contribution in [1.29, 1.82) is 0 Å². The van der Waals surface area contributed by atoms with Gasteiger partial charge in [0.1, 0.15) is 5.82 Å². The average molecular weight is 420 g/mol. The van der Waals surface area contributed by atoms with Gasteiger partial charge in [0.2, 0.25) is 15.9 Å². The van der Waals surface area contributed by atoms with Crippen LogP contribution in [0, 0.1) is 5.82 Å². The molecule has 0 saturated carbocycles. The first kappa shape index (κ1) is 21.4. The van der Waals surface area contributed by atoms with Crippen molar-refractivity contribution in [1.82, 2.24) is 14.5 Å². The van der Waals surface area contributed by atoms with Crippen LogP contribution in [-0.2, 0) is 21.2 Å². The minimum atomic E-state index is -3.71. The van der Waals surface area contributed by atoms with E-state index >= 15 is 0 Å². The van der Waals surface area contributed by atoms with Gasteiger partial charge < -0.3 is 5.32 Å². The van der Waals surface area contributed by atoms with E-state index in [0.29, 0.717) is 19.6 Å². The standard InChI is InChI=1S/C21H26FN3O3S/c22-19-9-4-10-20(16-19)29(27,28)25-14-12-24(13-15-25)17-21(26)23-11-5-8-18-6-2-1-3-7-18/h1-4,6-7,9-10,16H,5,8,11-15,17H2,(H,23,26). The van der Waals surface area contributed by atoms with Gasteiger partial charge in [-0.2, -0.15) is 4.31 Å². The lowest BCUT2D eigenvalue weighted by molar-refractivity contribution is -0.122. The number of carbonyl (C=O) groups excluding carboxylic acids is 1. The number of rotatable bonds is 8. The number of aryl methyl sites for hydroxylation is 1. The molecule has 3 rings (SSSR count). The third kappa shape index (κ3) is 6.09. The third-order valence-corrected chi connectivity index (χ3v) is 6.83. The average Bonchev–Trinajstić information content (AvgIpc) is 2.72. The van der Waals surface area contributed by atoms with Crippen LogP contribution in [0.4, 0.5) is 4.39 Å². The Bertz CT molecular complexity index is 914. The van der Waals surface area contributed by atoms with Gasteiger partial charge in [0, 0.05) is 32.7 Å². The van der Waals surface area contributed by atoms with Crippen molar-refractivity contribution >= 4 is 15.9 Å². The van der Waals surface area contributed by atoms with Crippen molar-refractivity contribution in [3.63, 3.8) is 0 Å². The molecule has 0 bridgehead atoms. The van der Waals surface area contributed by atoms with Crippen molar-refractivity contribution in [3.05, 3.63) is 66.0 Å². The Kier molecular flexibility index (Phi) is 7.35. The van der Waals surface area contributed by atoms with E-state index < -0.39 is 15.8 Å². The van der Waals surface area contributed by atoms with Crippen molar-refractivity contribution in [3.8, 4) is 0 Å². The highest BCUT2D eigenvalue weighted by molar-refractivity contribution is 7.89. The topological polar surface area (TPSA) is 69.7 Å². The Morgan fingerprint density at radius 3 is 2.41 bits per heavy atom. The number of amides is 1. The maximum Gasteiger partial charge on any atom is 0.243 e. The summed E-state index contributed by atoms with van der Waals surface area (Å²) in [5, 5.41) is 2.92. The molecular formula is C21H26FN3O3S. The van der Waals surface area contributed by atoms with Crippen molar-refractivity contribution < 1.29 is 17.6 Å². The van der Waals surface area contributed by atoms with E-state index in [1.807, 2.05) is 23.1 Å². The molecule has 1 aliphatic heterocycles. The van der Waals surface area contributed by atoms with Gasteiger partial charge in [-0.05, 0) is 36.6 Å². The zero-order valence-electron chi connectivity index (χ0n) is 16.3. The lowest BCUT2D eigenvalue weighted by Crippen LogP contribution is -2.51. The van der Waals surface area contributed by atoms with E-state index in [-0.39, 0.29) is 30.4 Å². The minimum absolute atomic E-state index is 0.0397. The molecule has 1 saturated heterocycles. The monoisotopic (exact) mass is 419 g/mol. The maximum atomic E-state index is 13.4. The molecule has 0 unspecified atom stereocenters. The van der Waals surface area contributed by atoms with E-state index in [9.17, 15) is 17.6 Å². The number of halogens is 1. The molecule has 1 amide bonds. The molecule has 6 nitrogen and oxygen atoms in total. The number of sulfonamides is 1. The number of hydrogen-bond donors (Lipinski definition) is 1. The van der Waals surface area contributed by atoms with Crippen LogP contribution in [-0.4, -0.2) is 62.8 Å². The number of hydrogen-bond acceptors (Lipinski definition) is 4. The summed E-state index contributed by atoms with van der Waals surface area (Å²) in [6, 6.07) is 15.2. The molecule has 156 valence electrons. The summed E-state index contributed by atoms with van der Waals surface area (Å²) in [7, 11) is -3.71. The molecule has 1 heterocycles. The highest BCUT2D eigenvalue weighted by Gasteiger charge is 2.29. The Morgan fingerprint density at radius 1 is 1.00 bits per heavy atom. The molecular weight excluding hydrogens is 393 g/mol. The maximum absolute atomic E-state index is 13.4. The van der Waals surface area contributed by atoms with Crippen LogP contribution in [0.25, 0.3) is 0 Å². The fraction of sp³-hybridized carbons (Fsp3) is 0.381. The first-order valence-electron chi connectivity index (χ1n) is 9.74. The van der Waals surface area contributed by atoms with E-state index in [2.05, 4.69) is 17.4 Å². The van der Waals surface area contributed by atoms with E-state index in [4.69, 9.17) is 0 Å². The summed E-state index contributed by atoms with van der Waals surface area (Å²) in [6.45, 7) is 2.35. The van der Waals surface area contributed by atoms with Gasteiger partial charge in [-0.15, -0.1) is 0 Å². The fourth-order valence-corrected chi connectivity index (χ4v) is 4.78. The molecule has 0 spiro atoms. The van der Waals surface area contributed by atoms with Crippen molar-refractivity contribution in [2.24, 2.45) is 0 Å². The number of nitrogens with zero attached hydrogens (tertiary/aromatic N) is 2. The van der Waals surface area contributed by atoms with Crippen molar-refractivity contribution in [2.75, 3.05) is 39.3 Å². The van der Waals surface area contributed by atoms with Gasteiger partial charge in [0.25, 0.3) is 0 Å². The highest BCUT2D eigenvalue weighted by Crippen LogP contribution is 2.18. The quantitative estimate of drug-likeness (QED) is 0.664. The van der Waals surface area contributed by atoms with E-state index in [1.54, 1.807) is 0 Å². The largest absolute Gasteiger partial charge is 0.355 e. The second kappa shape index (κ2) is 9.96. The summed E-state index contributed by atoms with van der Waals surface area (Å²) >= 11 is 0. The van der Waals surface area contributed by atoms with Crippen LogP contribution in [0.15, 0.2) is 59.5 Å². The molecule has 1 fully saturated rings. The predicted octanol–water partition coefficient (Wildman–Crippen LogP) is 1.88. The second-order valence-electron chi connectivity index (χ2n) is 7.08. The lowest BCUT2D eigenvalue weighted by Gasteiger charge is -2.33. The molecule has 29 heavy (non-hydrogen) atoms. The fourth-order valence-electron chi connectivity index (χ4n) is 3.33. The zero-order valence-corrected chi connectivity index (χ0v) is 17.1. The van der Waals surface area contributed by atoms with E-state index in [0.717, 1.165) is 18.9 Å². The van der Waals surface area contributed by atoms with Crippen LogP contribution >= 0.6 is 0 Å². The summed E-state index contributed by atoms with van der Waals surface area (Å²) in [4.78, 5) is 14.0. The lowest BCUT2D eigenvalue weighted by atomic mass is 10.1. The van der Waals surface area contributed by atoms with Crippen molar-refractivity contribution in [2.45, 2.75) is 17.7 Å². The molecule has 0 aromatic heterocycles. The second-order valence-corrected chi connectivity index (χ2v) is 9.01. The van der Waals surface area contributed by atoms with Gasteiger partial charge >= 0.3 is 0 Å². The Labute approximate surface area is 171 Å². The molecule has 2 aromatic rings. The normalized spacial score (nSPS) is 15.9. The van der Waals surface area contributed by atoms with Gasteiger partial charge in [0.15, 0.2) is 0 Å². The smallest absolute Gasteiger partial charge is 0.243 e. The van der Waals surface area contributed by atoms with E-state index in [1.165, 1.54) is 28.1 Å². The summed E-state index contributed by atoms with van der Waals surface area (Å²) in [5.74, 6) is -0.631. The zero-order chi connectivity index (χ0) is 20.7. The van der Waals surface area contributed by atoms with Crippen LogP contribution in [0.3, 0.4) is 0 Å². The molecule has 0 aliphatic carbocycles. The predicted molar refractivity (Wildman–Crippen MR) is 109 cm³/mol. The Morgan fingerprint density at radius 2 is 1.72 bits per heavy atom. The number of carbonyl (C=O) groups is 1. The number of benzene rings is 2. The summed E-state index contributed by atoms with van der Waals surface area (Å²) < 4.78 is 39.9. The molecule has 8 heteroatoms. The van der Waals surface area contributed by atoms with Crippen LogP contribution < -0.4 is 5.32 Å². The van der Waals surface area contributed by atoms with Gasteiger partial charge in [0.05, 0.1) is 11.4 Å². The summed E-state index contributed by atoms with van der Waals surface area (Å²) in [5.41, 5.74) is 1.25. The highest BCUT2D eigenvalue weighted by atomic mass is 32.2. The van der Waals surface area contributed by atoms with Crippen LogP contribution in [0.5, 0.6) is 0 Å². The first-order valence-corrected chi connectivity index (χ1v) is 11.2. The van der Waals surface area contributed by atoms with Gasteiger partial charge in [-0.1, -0.05) is 36.4 Å². The molecule has 2 aromatic carbocycles. The first-order chi connectivity index (χ1) is 13.9. The van der Waals surface area contributed by atoms with Crippen LogP contribution in [0.1, 0.15) is 12.0 Å². The Hall–Kier alpha value is -2.29. The Balaban J connectivity index is 1.39. The summed E-state index contributed by atoms with van der Waals surface area (Å²) in [6.07, 6.45) is 1.78. The molecule has 0 radical (unpaired) electrons. The van der Waals surface area contributed by atoms with Gasteiger partial charge in [-0.3, -0.25) is 9.69 Å². The third-order valence-electron chi connectivity index (χ3n) is 4.94. The number of nitrogens with one attached hydrogen (secondary N) is 1. The van der Waals surface area contributed by atoms with Crippen LogP contribution in [0.2, 0.25) is 0 Å². The minimum Gasteiger partial charge on any atom is -0.355 e. The SMILES string of the molecule is O=C(CN1CCN(S(=O)(=O)c2cccc(F)c2)CC1)NCCCc1ccccc1.